The maximum Gasteiger partial charge on any atom is 0.218 e. The number of hydrogen-bond acceptors (Lipinski definition) is 1. The molecule has 1 aromatic carbocycles. The number of rotatable bonds is 3. The molecule has 0 heterocycles. The number of guanidine groups is 2. The first-order valence-corrected chi connectivity index (χ1v) is 6.30. The van der Waals surface area contributed by atoms with Crippen molar-refractivity contribution in [3.05, 3.63) is 35.4 Å². The van der Waals surface area contributed by atoms with E-state index in [0.29, 0.717) is 18.4 Å². The van der Waals surface area contributed by atoms with Crippen molar-refractivity contribution in [2.24, 2.45) is 21.5 Å². The topological polar surface area (TPSA) is 80.0 Å². The molecule has 4 N–H and O–H groups in total. The van der Waals surface area contributed by atoms with Crippen molar-refractivity contribution in [1.29, 1.82) is 0 Å². The SMILES string of the molecule is CN=C(N)N=C(N)N(C)Cc1ccc(C(C)C)cc1. The van der Waals surface area contributed by atoms with Crippen LogP contribution < -0.4 is 11.5 Å². The molecular formula is C14H23N5. The second-order valence-electron chi connectivity index (χ2n) is 4.80. The van der Waals surface area contributed by atoms with E-state index in [4.69, 9.17) is 11.5 Å². The summed E-state index contributed by atoms with van der Waals surface area (Å²) in [5, 5.41) is 0. The molecule has 0 aliphatic heterocycles. The average Bonchev–Trinajstić information content (AvgIpc) is 2.38. The molecule has 0 saturated carbocycles. The number of nitrogens with zero attached hydrogens (tertiary/aromatic N) is 3. The maximum atomic E-state index is 5.83. The minimum absolute atomic E-state index is 0.180. The standard InChI is InChI=1S/C14H23N5/c1-10(2)12-7-5-11(6-8-12)9-19(4)14(16)18-13(15)17-3/h5-8,10H,9H2,1-4H3,(H4,15,16,17,18). The van der Waals surface area contributed by atoms with Crippen LogP contribution in [0.15, 0.2) is 34.3 Å². The van der Waals surface area contributed by atoms with E-state index in [1.165, 1.54) is 11.1 Å². The van der Waals surface area contributed by atoms with E-state index in [-0.39, 0.29) is 5.96 Å². The van der Waals surface area contributed by atoms with Crippen molar-refractivity contribution in [2.45, 2.75) is 26.3 Å². The van der Waals surface area contributed by atoms with Crippen molar-refractivity contribution in [2.75, 3.05) is 14.1 Å². The zero-order valence-corrected chi connectivity index (χ0v) is 12.1. The van der Waals surface area contributed by atoms with E-state index in [0.717, 1.165) is 0 Å². The minimum atomic E-state index is 0.180. The summed E-state index contributed by atoms with van der Waals surface area (Å²) in [6, 6.07) is 8.50. The van der Waals surface area contributed by atoms with E-state index in [1.54, 1.807) is 7.05 Å². The first-order chi connectivity index (χ1) is 8.93. The molecule has 0 saturated heterocycles. The molecule has 5 nitrogen and oxygen atoms in total. The van der Waals surface area contributed by atoms with Crippen LogP contribution in [0.2, 0.25) is 0 Å². The Balaban J connectivity index is 2.71. The second kappa shape index (κ2) is 6.78. The lowest BCUT2D eigenvalue weighted by Gasteiger charge is -2.18. The van der Waals surface area contributed by atoms with Crippen LogP contribution in [0.3, 0.4) is 0 Å². The molecule has 0 aliphatic rings. The quantitative estimate of drug-likeness (QED) is 0.639. The molecule has 5 heteroatoms. The average molecular weight is 261 g/mol. The molecule has 0 amide bonds. The fourth-order valence-electron chi connectivity index (χ4n) is 1.62. The Morgan fingerprint density at radius 1 is 1.21 bits per heavy atom. The van der Waals surface area contributed by atoms with Gasteiger partial charge >= 0.3 is 0 Å². The lowest BCUT2D eigenvalue weighted by Crippen LogP contribution is -2.35. The third-order valence-corrected chi connectivity index (χ3v) is 2.92. The molecule has 1 rings (SSSR count). The fraction of sp³-hybridized carbons (Fsp3) is 0.429. The molecule has 0 unspecified atom stereocenters. The van der Waals surface area contributed by atoms with Gasteiger partial charge in [-0.25, -0.2) is 0 Å². The molecule has 1 aromatic rings. The summed E-state index contributed by atoms with van der Waals surface area (Å²) in [7, 11) is 3.45. The van der Waals surface area contributed by atoms with Crippen LogP contribution in [0.5, 0.6) is 0 Å². The lowest BCUT2D eigenvalue weighted by molar-refractivity contribution is 0.495. The zero-order chi connectivity index (χ0) is 14.4. The monoisotopic (exact) mass is 261 g/mol. The Hall–Kier alpha value is -2.04. The van der Waals surface area contributed by atoms with Gasteiger partial charge in [0, 0.05) is 20.6 Å². The highest BCUT2D eigenvalue weighted by atomic mass is 15.3. The normalized spacial score (nSPS) is 12.9. The Morgan fingerprint density at radius 3 is 2.26 bits per heavy atom. The van der Waals surface area contributed by atoms with Gasteiger partial charge in [-0.05, 0) is 17.0 Å². The van der Waals surface area contributed by atoms with Gasteiger partial charge in [-0.1, -0.05) is 38.1 Å². The number of hydrogen-bond donors (Lipinski definition) is 2. The summed E-state index contributed by atoms with van der Waals surface area (Å²) in [5.74, 6) is 1.08. The van der Waals surface area contributed by atoms with E-state index in [1.807, 2.05) is 11.9 Å². The zero-order valence-electron chi connectivity index (χ0n) is 12.1. The lowest BCUT2D eigenvalue weighted by atomic mass is 10.0. The predicted octanol–water partition coefficient (Wildman–Crippen LogP) is 1.50. The maximum absolute atomic E-state index is 5.83. The molecule has 0 atom stereocenters. The van der Waals surface area contributed by atoms with Gasteiger partial charge in [0.1, 0.15) is 0 Å². The second-order valence-corrected chi connectivity index (χ2v) is 4.80. The highest BCUT2D eigenvalue weighted by Gasteiger charge is 2.05. The van der Waals surface area contributed by atoms with E-state index in [2.05, 4.69) is 48.1 Å². The van der Waals surface area contributed by atoms with Crippen LogP contribution in [0.25, 0.3) is 0 Å². The molecule has 19 heavy (non-hydrogen) atoms. The van der Waals surface area contributed by atoms with Gasteiger partial charge in [-0.15, -0.1) is 0 Å². The van der Waals surface area contributed by atoms with Crippen LogP contribution in [0.4, 0.5) is 0 Å². The summed E-state index contributed by atoms with van der Waals surface area (Å²) in [4.78, 5) is 9.57. The summed E-state index contributed by atoms with van der Waals surface area (Å²) in [5.41, 5.74) is 13.9. The van der Waals surface area contributed by atoms with Crippen LogP contribution in [-0.4, -0.2) is 30.9 Å². The fourth-order valence-corrected chi connectivity index (χ4v) is 1.62. The Bertz CT molecular complexity index is 459. The van der Waals surface area contributed by atoms with Gasteiger partial charge in [-0.3, -0.25) is 4.99 Å². The van der Waals surface area contributed by atoms with Gasteiger partial charge in [0.25, 0.3) is 0 Å². The first-order valence-electron chi connectivity index (χ1n) is 6.30. The van der Waals surface area contributed by atoms with Gasteiger partial charge in [-0.2, -0.15) is 4.99 Å². The third-order valence-electron chi connectivity index (χ3n) is 2.92. The van der Waals surface area contributed by atoms with Crippen LogP contribution in [0.1, 0.15) is 30.9 Å². The largest absolute Gasteiger partial charge is 0.369 e. The highest BCUT2D eigenvalue weighted by Crippen LogP contribution is 2.15. The molecular weight excluding hydrogens is 238 g/mol. The number of nitrogens with two attached hydrogens (primary N) is 2. The van der Waals surface area contributed by atoms with Gasteiger partial charge in [0.2, 0.25) is 5.96 Å². The molecule has 0 aromatic heterocycles. The van der Waals surface area contributed by atoms with E-state index in [9.17, 15) is 0 Å². The minimum Gasteiger partial charge on any atom is -0.369 e. The Kier molecular flexibility index (Phi) is 5.36. The molecule has 0 fully saturated rings. The van der Waals surface area contributed by atoms with Gasteiger partial charge < -0.3 is 16.4 Å². The highest BCUT2D eigenvalue weighted by molar-refractivity contribution is 5.93. The summed E-state index contributed by atoms with van der Waals surface area (Å²) in [6.45, 7) is 5.04. The Morgan fingerprint density at radius 2 is 1.79 bits per heavy atom. The van der Waals surface area contributed by atoms with Gasteiger partial charge in [0.15, 0.2) is 5.96 Å². The van der Waals surface area contributed by atoms with Crippen molar-refractivity contribution >= 4 is 11.9 Å². The van der Waals surface area contributed by atoms with Crippen molar-refractivity contribution in [3.63, 3.8) is 0 Å². The summed E-state index contributed by atoms with van der Waals surface area (Å²) < 4.78 is 0. The molecule has 0 spiro atoms. The predicted molar refractivity (Wildman–Crippen MR) is 81.2 cm³/mol. The third kappa shape index (κ3) is 4.62. The molecule has 0 radical (unpaired) electrons. The van der Waals surface area contributed by atoms with Crippen molar-refractivity contribution in [1.82, 2.24) is 4.90 Å². The molecule has 0 aliphatic carbocycles. The summed E-state index contributed by atoms with van der Waals surface area (Å²) in [6.07, 6.45) is 0. The molecule has 0 bridgehead atoms. The van der Waals surface area contributed by atoms with Crippen molar-refractivity contribution < 1.29 is 0 Å². The van der Waals surface area contributed by atoms with Crippen LogP contribution in [-0.2, 0) is 6.54 Å². The van der Waals surface area contributed by atoms with Gasteiger partial charge in [0.05, 0.1) is 0 Å². The van der Waals surface area contributed by atoms with Crippen molar-refractivity contribution in [3.8, 4) is 0 Å². The number of aliphatic imine (C=N–C) groups is 2. The van der Waals surface area contributed by atoms with E-state index < -0.39 is 0 Å². The number of benzene rings is 1. The van der Waals surface area contributed by atoms with Crippen LogP contribution in [0, 0.1) is 0 Å². The molecule has 104 valence electrons. The van der Waals surface area contributed by atoms with E-state index >= 15 is 0 Å². The first kappa shape index (κ1) is 15.0. The van der Waals surface area contributed by atoms with Crippen LogP contribution >= 0.6 is 0 Å². The smallest absolute Gasteiger partial charge is 0.218 e. The summed E-state index contributed by atoms with van der Waals surface area (Å²) >= 11 is 0. The Labute approximate surface area is 115 Å².